The van der Waals surface area contributed by atoms with Crippen molar-refractivity contribution in [3.8, 4) is 5.75 Å². The van der Waals surface area contributed by atoms with E-state index in [1.807, 2.05) is 12.3 Å². The maximum absolute atomic E-state index is 11.8. The van der Waals surface area contributed by atoms with Crippen LogP contribution in [0, 0.1) is 0 Å². The van der Waals surface area contributed by atoms with Crippen molar-refractivity contribution in [3.05, 3.63) is 24.0 Å². The molecule has 0 aromatic carbocycles. The highest BCUT2D eigenvalue weighted by molar-refractivity contribution is 5.77. The van der Waals surface area contributed by atoms with Crippen molar-refractivity contribution in [2.45, 2.75) is 51.7 Å². The minimum Gasteiger partial charge on any atom is -0.490 e. The van der Waals surface area contributed by atoms with Gasteiger partial charge in [0.2, 0.25) is 5.91 Å². The molecule has 156 valence electrons. The normalized spacial score (nSPS) is 17.2. The summed E-state index contributed by atoms with van der Waals surface area (Å²) in [6, 6.07) is 2.42. The number of nitrogens with zero attached hydrogens (tertiary/aromatic N) is 2. The number of alkyl carbamates (subject to hydrolysis) is 1. The van der Waals surface area contributed by atoms with Crippen molar-refractivity contribution in [1.82, 2.24) is 20.5 Å². The van der Waals surface area contributed by atoms with E-state index in [2.05, 4.69) is 27.6 Å². The van der Waals surface area contributed by atoms with Gasteiger partial charge in [-0.3, -0.25) is 14.7 Å². The monoisotopic (exact) mass is 392 g/mol. The summed E-state index contributed by atoms with van der Waals surface area (Å²) in [5.74, 6) is 0.553. The molecule has 8 heteroatoms. The van der Waals surface area contributed by atoms with Gasteiger partial charge in [-0.15, -0.1) is 0 Å². The lowest BCUT2D eigenvalue weighted by atomic mass is 10.1. The van der Waals surface area contributed by atoms with Gasteiger partial charge in [0.25, 0.3) is 0 Å². The number of pyridine rings is 1. The quantitative estimate of drug-likeness (QED) is 0.659. The van der Waals surface area contributed by atoms with E-state index >= 15 is 0 Å². The first-order valence-corrected chi connectivity index (χ1v) is 9.76. The van der Waals surface area contributed by atoms with Crippen LogP contribution < -0.4 is 15.4 Å². The molecule has 1 aromatic rings. The molecule has 0 spiro atoms. The SMILES string of the molecule is CN1CCCC1c1cncc(OCCNC(=O)CCNC(=O)OC(C)(C)C)c1. The molecular weight excluding hydrogens is 360 g/mol. The van der Waals surface area contributed by atoms with Crippen LogP contribution in [0.3, 0.4) is 0 Å². The number of likely N-dealkylation sites (tertiary alicyclic amines) is 1. The summed E-state index contributed by atoms with van der Waals surface area (Å²) >= 11 is 0. The van der Waals surface area contributed by atoms with Crippen LogP contribution in [0.25, 0.3) is 0 Å². The van der Waals surface area contributed by atoms with Gasteiger partial charge in [0.15, 0.2) is 0 Å². The van der Waals surface area contributed by atoms with Gasteiger partial charge in [-0.1, -0.05) is 0 Å². The Morgan fingerprint density at radius 2 is 2.04 bits per heavy atom. The Morgan fingerprint density at radius 3 is 2.71 bits per heavy atom. The number of ether oxygens (including phenoxy) is 2. The van der Waals surface area contributed by atoms with Crippen molar-refractivity contribution in [1.29, 1.82) is 0 Å². The maximum atomic E-state index is 11.8. The second-order valence-corrected chi connectivity index (χ2v) is 7.97. The average Bonchev–Trinajstić information content (AvgIpc) is 3.03. The Labute approximate surface area is 167 Å². The van der Waals surface area contributed by atoms with E-state index in [0.717, 1.165) is 18.5 Å². The highest BCUT2D eigenvalue weighted by Crippen LogP contribution is 2.31. The van der Waals surface area contributed by atoms with Crippen LogP contribution in [0.2, 0.25) is 0 Å². The van der Waals surface area contributed by atoms with Crippen molar-refractivity contribution in [3.63, 3.8) is 0 Å². The zero-order valence-electron chi connectivity index (χ0n) is 17.3. The summed E-state index contributed by atoms with van der Waals surface area (Å²) in [7, 11) is 2.12. The number of carbonyl (C=O) groups is 2. The number of rotatable bonds is 8. The maximum Gasteiger partial charge on any atom is 0.407 e. The van der Waals surface area contributed by atoms with Crippen LogP contribution in [0.4, 0.5) is 4.79 Å². The van der Waals surface area contributed by atoms with Crippen LogP contribution in [0.5, 0.6) is 5.75 Å². The number of hydrogen-bond acceptors (Lipinski definition) is 6. The van der Waals surface area contributed by atoms with Crippen LogP contribution in [-0.4, -0.2) is 60.8 Å². The molecule has 0 radical (unpaired) electrons. The molecule has 2 heterocycles. The molecule has 8 nitrogen and oxygen atoms in total. The Balaban J connectivity index is 1.62. The molecule has 1 aliphatic rings. The Morgan fingerprint density at radius 1 is 1.25 bits per heavy atom. The van der Waals surface area contributed by atoms with Gasteiger partial charge in [-0.2, -0.15) is 0 Å². The smallest absolute Gasteiger partial charge is 0.407 e. The van der Waals surface area contributed by atoms with Crippen LogP contribution in [0.15, 0.2) is 18.5 Å². The highest BCUT2D eigenvalue weighted by Gasteiger charge is 2.23. The van der Waals surface area contributed by atoms with Crippen LogP contribution in [-0.2, 0) is 9.53 Å². The van der Waals surface area contributed by atoms with Crippen molar-refractivity contribution >= 4 is 12.0 Å². The number of carbonyl (C=O) groups excluding carboxylic acids is 2. The van der Waals surface area contributed by atoms with Gasteiger partial charge in [-0.25, -0.2) is 4.79 Å². The first-order valence-electron chi connectivity index (χ1n) is 9.76. The predicted octanol–water partition coefficient (Wildman–Crippen LogP) is 2.26. The molecule has 0 aliphatic carbocycles. The summed E-state index contributed by atoms with van der Waals surface area (Å²) in [4.78, 5) is 29.9. The largest absolute Gasteiger partial charge is 0.490 e. The van der Waals surface area contributed by atoms with Crippen molar-refractivity contribution < 1.29 is 19.1 Å². The zero-order valence-corrected chi connectivity index (χ0v) is 17.3. The van der Waals surface area contributed by atoms with Gasteiger partial charge in [-0.05, 0) is 58.8 Å². The molecule has 2 amide bonds. The summed E-state index contributed by atoms with van der Waals surface area (Å²) in [5.41, 5.74) is 0.609. The summed E-state index contributed by atoms with van der Waals surface area (Å²) in [5, 5.41) is 5.32. The van der Waals surface area contributed by atoms with Crippen molar-refractivity contribution in [2.24, 2.45) is 0 Å². The minimum absolute atomic E-state index is 0.154. The van der Waals surface area contributed by atoms with E-state index < -0.39 is 11.7 Å². The standard InChI is InChI=1S/C20H32N4O4/c1-20(2,3)28-19(26)23-8-7-18(25)22-9-11-27-16-12-15(13-21-14-16)17-6-5-10-24(17)4/h12-14,17H,5-11H2,1-4H3,(H,22,25)(H,23,26). The van der Waals surface area contributed by atoms with Gasteiger partial charge in [0, 0.05) is 25.2 Å². The Hall–Kier alpha value is -2.35. The average molecular weight is 393 g/mol. The fraction of sp³-hybridized carbons (Fsp3) is 0.650. The fourth-order valence-electron chi connectivity index (χ4n) is 3.07. The number of aromatic nitrogens is 1. The molecule has 28 heavy (non-hydrogen) atoms. The topological polar surface area (TPSA) is 92.8 Å². The molecule has 1 aliphatic heterocycles. The molecular formula is C20H32N4O4. The van der Waals surface area contributed by atoms with E-state index in [4.69, 9.17) is 9.47 Å². The van der Waals surface area contributed by atoms with E-state index in [9.17, 15) is 9.59 Å². The fourth-order valence-corrected chi connectivity index (χ4v) is 3.07. The van der Waals surface area contributed by atoms with Crippen LogP contribution in [0.1, 0.15) is 51.6 Å². The van der Waals surface area contributed by atoms with E-state index in [1.54, 1.807) is 27.0 Å². The number of hydrogen-bond donors (Lipinski definition) is 2. The molecule has 1 saturated heterocycles. The second-order valence-electron chi connectivity index (χ2n) is 7.97. The first kappa shape index (κ1) is 21.9. The molecule has 1 unspecified atom stereocenters. The second kappa shape index (κ2) is 10.3. The van der Waals surface area contributed by atoms with Crippen LogP contribution >= 0.6 is 0 Å². The van der Waals surface area contributed by atoms with Gasteiger partial charge < -0.3 is 20.1 Å². The van der Waals surface area contributed by atoms with E-state index in [-0.39, 0.29) is 18.9 Å². The summed E-state index contributed by atoms with van der Waals surface area (Å²) < 4.78 is 10.8. The molecule has 1 atom stereocenters. The lowest BCUT2D eigenvalue weighted by molar-refractivity contribution is -0.121. The third-order valence-electron chi connectivity index (χ3n) is 4.35. The third kappa shape index (κ3) is 7.72. The summed E-state index contributed by atoms with van der Waals surface area (Å²) in [6.07, 6.45) is 5.56. The first-order chi connectivity index (χ1) is 13.2. The minimum atomic E-state index is -0.553. The molecule has 1 fully saturated rings. The molecule has 2 N–H and O–H groups in total. The lowest BCUT2D eigenvalue weighted by Gasteiger charge is -2.20. The predicted molar refractivity (Wildman–Crippen MR) is 106 cm³/mol. The number of nitrogens with one attached hydrogen (secondary N) is 2. The zero-order chi connectivity index (χ0) is 20.6. The summed E-state index contributed by atoms with van der Waals surface area (Å²) in [6.45, 7) is 7.44. The molecule has 0 saturated carbocycles. The van der Waals surface area contributed by atoms with Gasteiger partial charge >= 0.3 is 6.09 Å². The van der Waals surface area contributed by atoms with E-state index in [1.165, 1.54) is 6.42 Å². The molecule has 1 aromatic heterocycles. The molecule has 2 rings (SSSR count). The van der Waals surface area contributed by atoms with Crippen molar-refractivity contribution in [2.75, 3.05) is 33.3 Å². The lowest BCUT2D eigenvalue weighted by Crippen LogP contribution is -2.35. The molecule has 0 bridgehead atoms. The van der Waals surface area contributed by atoms with Gasteiger partial charge in [0.1, 0.15) is 18.0 Å². The van der Waals surface area contributed by atoms with Gasteiger partial charge in [0.05, 0.1) is 12.7 Å². The Kier molecular flexibility index (Phi) is 8.04. The van der Waals surface area contributed by atoms with E-state index in [0.29, 0.717) is 24.9 Å². The third-order valence-corrected chi connectivity index (χ3v) is 4.35. The number of amides is 2. The highest BCUT2D eigenvalue weighted by atomic mass is 16.6. The Bertz CT molecular complexity index is 660.